The molecule has 0 radical (unpaired) electrons. The third kappa shape index (κ3) is 3.32. The molecule has 0 heterocycles. The lowest BCUT2D eigenvalue weighted by Gasteiger charge is -2.23. The van der Waals surface area contributed by atoms with Crippen molar-refractivity contribution >= 4 is 5.69 Å². The highest BCUT2D eigenvalue weighted by atomic mass is 19.1. The van der Waals surface area contributed by atoms with Gasteiger partial charge in [0.2, 0.25) is 0 Å². The van der Waals surface area contributed by atoms with Crippen LogP contribution in [0, 0.1) is 5.82 Å². The van der Waals surface area contributed by atoms with Gasteiger partial charge < -0.3 is 10.2 Å². The summed E-state index contributed by atoms with van der Waals surface area (Å²) in [6.45, 7) is 1.29. The molecule has 0 saturated carbocycles. The average Bonchev–Trinajstić information content (AvgIpc) is 2.42. The molecule has 2 rings (SSSR count). The molecule has 0 atom stereocenters. The van der Waals surface area contributed by atoms with E-state index in [0.29, 0.717) is 12.1 Å². The van der Waals surface area contributed by atoms with E-state index in [1.165, 1.54) is 11.6 Å². The van der Waals surface area contributed by atoms with Crippen LogP contribution in [-0.2, 0) is 13.1 Å². The standard InChI is InChI=1S/C16H19FN2/c1-18-11-14-15(17)9-6-10-16(14)19(2)12-13-7-4-3-5-8-13/h3-10,18H,11-12H2,1-2H3. The summed E-state index contributed by atoms with van der Waals surface area (Å²) in [6.07, 6.45) is 0. The molecule has 0 amide bonds. The van der Waals surface area contributed by atoms with Crippen molar-refractivity contribution in [2.75, 3.05) is 19.0 Å². The maximum absolute atomic E-state index is 13.9. The Kier molecular flexibility index (Phi) is 4.53. The van der Waals surface area contributed by atoms with Gasteiger partial charge in [0, 0.05) is 31.4 Å². The van der Waals surface area contributed by atoms with Crippen molar-refractivity contribution in [3.8, 4) is 0 Å². The van der Waals surface area contributed by atoms with E-state index in [0.717, 1.165) is 12.2 Å². The molecule has 0 bridgehead atoms. The fourth-order valence-corrected chi connectivity index (χ4v) is 2.20. The zero-order valence-electron chi connectivity index (χ0n) is 11.4. The highest BCUT2D eigenvalue weighted by Crippen LogP contribution is 2.23. The first-order valence-electron chi connectivity index (χ1n) is 6.39. The molecule has 3 heteroatoms. The molecular weight excluding hydrogens is 239 g/mol. The fraction of sp³-hybridized carbons (Fsp3) is 0.250. The molecule has 100 valence electrons. The molecule has 2 aromatic carbocycles. The molecule has 0 aliphatic rings. The molecule has 2 nitrogen and oxygen atoms in total. The van der Waals surface area contributed by atoms with Gasteiger partial charge in [-0.3, -0.25) is 0 Å². The predicted molar refractivity (Wildman–Crippen MR) is 77.7 cm³/mol. The maximum atomic E-state index is 13.9. The topological polar surface area (TPSA) is 15.3 Å². The van der Waals surface area contributed by atoms with E-state index < -0.39 is 0 Å². The summed E-state index contributed by atoms with van der Waals surface area (Å²) in [5.41, 5.74) is 2.85. The Hall–Kier alpha value is -1.87. The second-order valence-electron chi connectivity index (χ2n) is 4.61. The van der Waals surface area contributed by atoms with E-state index in [2.05, 4.69) is 22.3 Å². The first kappa shape index (κ1) is 13.6. The Morgan fingerprint density at radius 1 is 1.05 bits per heavy atom. The molecule has 1 N–H and O–H groups in total. The van der Waals surface area contributed by atoms with Crippen molar-refractivity contribution in [2.24, 2.45) is 0 Å². The number of benzene rings is 2. The summed E-state index contributed by atoms with van der Waals surface area (Å²) >= 11 is 0. The molecule has 2 aromatic rings. The highest BCUT2D eigenvalue weighted by Gasteiger charge is 2.11. The SMILES string of the molecule is CNCc1c(F)cccc1N(C)Cc1ccccc1. The maximum Gasteiger partial charge on any atom is 0.129 e. The second kappa shape index (κ2) is 6.34. The van der Waals surface area contributed by atoms with E-state index in [9.17, 15) is 4.39 Å². The van der Waals surface area contributed by atoms with E-state index in [4.69, 9.17) is 0 Å². The van der Waals surface area contributed by atoms with Gasteiger partial charge in [-0.1, -0.05) is 36.4 Å². The van der Waals surface area contributed by atoms with Crippen molar-refractivity contribution in [3.05, 3.63) is 65.5 Å². The summed E-state index contributed by atoms with van der Waals surface area (Å²) in [7, 11) is 3.81. The van der Waals surface area contributed by atoms with Crippen LogP contribution in [0.2, 0.25) is 0 Å². The molecule has 0 aliphatic heterocycles. The van der Waals surface area contributed by atoms with Gasteiger partial charge >= 0.3 is 0 Å². The van der Waals surface area contributed by atoms with Crippen LogP contribution in [0.1, 0.15) is 11.1 Å². The van der Waals surface area contributed by atoms with Gasteiger partial charge in [-0.15, -0.1) is 0 Å². The van der Waals surface area contributed by atoms with Crippen LogP contribution in [0.15, 0.2) is 48.5 Å². The fourth-order valence-electron chi connectivity index (χ4n) is 2.20. The van der Waals surface area contributed by atoms with Gasteiger partial charge in [0.1, 0.15) is 5.82 Å². The minimum Gasteiger partial charge on any atom is -0.370 e. The van der Waals surface area contributed by atoms with E-state index in [-0.39, 0.29) is 5.82 Å². The Labute approximate surface area is 113 Å². The number of hydrogen-bond donors (Lipinski definition) is 1. The van der Waals surface area contributed by atoms with Crippen LogP contribution >= 0.6 is 0 Å². The molecule has 0 unspecified atom stereocenters. The van der Waals surface area contributed by atoms with Gasteiger partial charge in [-0.25, -0.2) is 4.39 Å². The third-order valence-corrected chi connectivity index (χ3v) is 3.12. The van der Waals surface area contributed by atoms with Crippen molar-refractivity contribution in [1.29, 1.82) is 0 Å². The number of nitrogens with one attached hydrogen (secondary N) is 1. The van der Waals surface area contributed by atoms with Gasteiger partial charge in [0.15, 0.2) is 0 Å². The molecule has 0 spiro atoms. The minimum absolute atomic E-state index is 0.160. The number of halogens is 1. The average molecular weight is 258 g/mol. The Morgan fingerprint density at radius 3 is 2.47 bits per heavy atom. The molecule has 0 aromatic heterocycles. The number of rotatable bonds is 5. The van der Waals surface area contributed by atoms with Crippen molar-refractivity contribution < 1.29 is 4.39 Å². The van der Waals surface area contributed by atoms with Crippen LogP contribution in [-0.4, -0.2) is 14.1 Å². The first-order chi connectivity index (χ1) is 9.22. The molecule has 0 aliphatic carbocycles. The van der Waals surface area contributed by atoms with Gasteiger partial charge in [0.25, 0.3) is 0 Å². The Balaban J connectivity index is 2.23. The monoisotopic (exact) mass is 258 g/mol. The lowest BCUT2D eigenvalue weighted by molar-refractivity contribution is 0.599. The lowest BCUT2D eigenvalue weighted by Crippen LogP contribution is -2.20. The Morgan fingerprint density at radius 2 is 1.79 bits per heavy atom. The minimum atomic E-state index is -0.160. The first-order valence-corrected chi connectivity index (χ1v) is 6.39. The lowest BCUT2D eigenvalue weighted by atomic mass is 10.1. The molecule has 19 heavy (non-hydrogen) atoms. The van der Waals surface area contributed by atoms with E-state index in [1.54, 1.807) is 6.07 Å². The van der Waals surface area contributed by atoms with Crippen LogP contribution in [0.3, 0.4) is 0 Å². The van der Waals surface area contributed by atoms with Crippen LogP contribution in [0.25, 0.3) is 0 Å². The summed E-state index contributed by atoms with van der Waals surface area (Å²) < 4.78 is 13.9. The number of nitrogens with zero attached hydrogens (tertiary/aromatic N) is 1. The van der Waals surface area contributed by atoms with Gasteiger partial charge in [-0.05, 0) is 24.7 Å². The summed E-state index contributed by atoms with van der Waals surface area (Å²) in [4.78, 5) is 2.07. The van der Waals surface area contributed by atoms with Crippen LogP contribution < -0.4 is 10.2 Å². The Bertz CT molecular complexity index is 526. The molecule has 0 saturated heterocycles. The zero-order chi connectivity index (χ0) is 13.7. The van der Waals surface area contributed by atoms with Crippen molar-refractivity contribution in [1.82, 2.24) is 5.32 Å². The summed E-state index contributed by atoms with van der Waals surface area (Å²) in [5, 5.41) is 3.02. The summed E-state index contributed by atoms with van der Waals surface area (Å²) in [5.74, 6) is -0.160. The van der Waals surface area contributed by atoms with Crippen molar-refractivity contribution in [2.45, 2.75) is 13.1 Å². The normalized spacial score (nSPS) is 10.5. The summed E-state index contributed by atoms with van der Waals surface area (Å²) in [6, 6.07) is 15.4. The van der Waals surface area contributed by atoms with Gasteiger partial charge in [-0.2, -0.15) is 0 Å². The van der Waals surface area contributed by atoms with Gasteiger partial charge in [0.05, 0.1) is 0 Å². The van der Waals surface area contributed by atoms with Crippen LogP contribution in [0.4, 0.5) is 10.1 Å². The smallest absolute Gasteiger partial charge is 0.129 e. The van der Waals surface area contributed by atoms with E-state index in [1.807, 2.05) is 38.4 Å². The second-order valence-corrected chi connectivity index (χ2v) is 4.61. The van der Waals surface area contributed by atoms with Crippen molar-refractivity contribution in [3.63, 3.8) is 0 Å². The predicted octanol–water partition coefficient (Wildman–Crippen LogP) is 3.18. The van der Waals surface area contributed by atoms with E-state index >= 15 is 0 Å². The molecular formula is C16H19FN2. The highest BCUT2D eigenvalue weighted by molar-refractivity contribution is 5.54. The third-order valence-electron chi connectivity index (χ3n) is 3.12. The van der Waals surface area contributed by atoms with Crippen LogP contribution in [0.5, 0.6) is 0 Å². The number of hydrogen-bond acceptors (Lipinski definition) is 2. The molecule has 0 fully saturated rings. The largest absolute Gasteiger partial charge is 0.370 e. The number of anilines is 1. The quantitative estimate of drug-likeness (QED) is 0.886. The zero-order valence-corrected chi connectivity index (χ0v) is 11.4.